The summed E-state index contributed by atoms with van der Waals surface area (Å²) >= 11 is 7.60. The van der Waals surface area contributed by atoms with Gasteiger partial charge in [-0.3, -0.25) is 0 Å². The monoisotopic (exact) mass is 215 g/mol. The second kappa shape index (κ2) is 5.51. The molecule has 0 saturated carbocycles. The molecule has 0 aliphatic heterocycles. The first kappa shape index (κ1) is 10.9. The Labute approximate surface area is 88.9 Å². The van der Waals surface area contributed by atoms with Gasteiger partial charge in [0.1, 0.15) is 5.03 Å². The number of hydrogen-bond acceptors (Lipinski definition) is 2. The van der Waals surface area contributed by atoms with Gasteiger partial charge in [-0.2, -0.15) is 0 Å². The van der Waals surface area contributed by atoms with E-state index in [9.17, 15) is 0 Å². The molecule has 1 aromatic rings. The van der Waals surface area contributed by atoms with Gasteiger partial charge in [-0.05, 0) is 18.1 Å². The number of alkyl halides is 1. The van der Waals surface area contributed by atoms with Gasteiger partial charge >= 0.3 is 0 Å². The standard InChI is InChI=1S/C10H14ClNS/c1-3-8(2)13-10-9(7-11)5-4-6-12-10/h4-6,8H,3,7H2,1-2H3/t8-/m1/s1. The van der Waals surface area contributed by atoms with E-state index in [0.717, 1.165) is 17.0 Å². The molecule has 1 heterocycles. The lowest BCUT2D eigenvalue weighted by Gasteiger charge is -2.09. The summed E-state index contributed by atoms with van der Waals surface area (Å²) < 4.78 is 0. The Balaban J connectivity index is 2.74. The van der Waals surface area contributed by atoms with Gasteiger partial charge in [0, 0.05) is 11.4 Å². The van der Waals surface area contributed by atoms with Gasteiger partial charge in [0.25, 0.3) is 0 Å². The molecule has 13 heavy (non-hydrogen) atoms. The van der Waals surface area contributed by atoms with E-state index >= 15 is 0 Å². The number of aromatic nitrogens is 1. The molecule has 1 aromatic heterocycles. The second-order valence-corrected chi connectivity index (χ2v) is 4.63. The maximum Gasteiger partial charge on any atom is 0.101 e. The maximum atomic E-state index is 5.81. The van der Waals surface area contributed by atoms with Crippen molar-refractivity contribution in [3.05, 3.63) is 23.9 Å². The van der Waals surface area contributed by atoms with E-state index in [0.29, 0.717) is 11.1 Å². The van der Waals surface area contributed by atoms with E-state index in [-0.39, 0.29) is 0 Å². The van der Waals surface area contributed by atoms with Crippen LogP contribution in [-0.4, -0.2) is 10.2 Å². The molecule has 0 N–H and O–H groups in total. The van der Waals surface area contributed by atoms with Crippen LogP contribution in [0, 0.1) is 0 Å². The third-order valence-corrected chi connectivity index (χ3v) is 3.50. The van der Waals surface area contributed by atoms with Gasteiger partial charge in [0.05, 0.1) is 5.88 Å². The van der Waals surface area contributed by atoms with E-state index in [1.807, 2.05) is 18.3 Å². The van der Waals surface area contributed by atoms with E-state index in [1.54, 1.807) is 11.8 Å². The van der Waals surface area contributed by atoms with Crippen LogP contribution in [0.5, 0.6) is 0 Å². The average molecular weight is 216 g/mol. The number of thioether (sulfide) groups is 1. The van der Waals surface area contributed by atoms with Crippen LogP contribution in [0.3, 0.4) is 0 Å². The molecule has 0 aromatic carbocycles. The molecule has 1 nitrogen and oxygen atoms in total. The average Bonchev–Trinajstić information content (AvgIpc) is 2.18. The molecule has 0 saturated heterocycles. The second-order valence-electron chi connectivity index (χ2n) is 2.94. The van der Waals surface area contributed by atoms with Crippen molar-refractivity contribution in [1.29, 1.82) is 0 Å². The highest BCUT2D eigenvalue weighted by molar-refractivity contribution is 7.99. The third-order valence-electron chi connectivity index (χ3n) is 1.88. The SMILES string of the molecule is CC[C@@H](C)Sc1ncccc1CCl. The number of hydrogen-bond donors (Lipinski definition) is 0. The molecular formula is C10H14ClNS. The largest absolute Gasteiger partial charge is 0.250 e. The molecule has 1 atom stereocenters. The van der Waals surface area contributed by atoms with Crippen LogP contribution in [0.25, 0.3) is 0 Å². The van der Waals surface area contributed by atoms with Crippen LogP contribution in [0.15, 0.2) is 23.4 Å². The molecule has 0 fully saturated rings. The van der Waals surface area contributed by atoms with E-state index in [2.05, 4.69) is 18.8 Å². The Hall–Kier alpha value is -0.210. The molecule has 0 spiro atoms. The first-order valence-corrected chi connectivity index (χ1v) is 5.85. The minimum absolute atomic E-state index is 0.548. The van der Waals surface area contributed by atoms with E-state index < -0.39 is 0 Å². The maximum absolute atomic E-state index is 5.81. The van der Waals surface area contributed by atoms with E-state index in [4.69, 9.17) is 11.6 Å². The minimum Gasteiger partial charge on any atom is -0.250 e. The van der Waals surface area contributed by atoms with Gasteiger partial charge < -0.3 is 0 Å². The summed E-state index contributed by atoms with van der Waals surface area (Å²) in [6.45, 7) is 4.39. The quantitative estimate of drug-likeness (QED) is 0.561. The minimum atomic E-state index is 0.548. The summed E-state index contributed by atoms with van der Waals surface area (Å²) in [7, 11) is 0. The van der Waals surface area contributed by atoms with Gasteiger partial charge in [-0.25, -0.2) is 4.98 Å². The van der Waals surface area contributed by atoms with Crippen LogP contribution in [0.4, 0.5) is 0 Å². The third kappa shape index (κ3) is 3.20. The summed E-state index contributed by atoms with van der Waals surface area (Å²) in [4.78, 5) is 4.32. The topological polar surface area (TPSA) is 12.9 Å². The molecule has 0 aliphatic carbocycles. The van der Waals surface area contributed by atoms with E-state index in [1.165, 1.54) is 0 Å². The first-order chi connectivity index (χ1) is 6.27. The smallest absolute Gasteiger partial charge is 0.101 e. The summed E-state index contributed by atoms with van der Waals surface area (Å²) in [5.41, 5.74) is 1.13. The van der Waals surface area contributed by atoms with Crippen molar-refractivity contribution in [3.8, 4) is 0 Å². The zero-order chi connectivity index (χ0) is 9.68. The predicted molar refractivity (Wildman–Crippen MR) is 59.4 cm³/mol. The van der Waals surface area contributed by atoms with Crippen molar-refractivity contribution in [2.75, 3.05) is 0 Å². The highest BCUT2D eigenvalue weighted by atomic mass is 35.5. The van der Waals surface area contributed by atoms with Crippen molar-refractivity contribution < 1.29 is 0 Å². The summed E-state index contributed by atoms with van der Waals surface area (Å²) in [5, 5.41) is 1.68. The highest BCUT2D eigenvalue weighted by Crippen LogP contribution is 2.26. The Morgan fingerprint density at radius 3 is 3.00 bits per heavy atom. The normalized spacial score (nSPS) is 12.8. The Kier molecular flexibility index (Phi) is 4.60. The molecular weight excluding hydrogens is 202 g/mol. The lowest BCUT2D eigenvalue weighted by molar-refractivity contribution is 0.898. The van der Waals surface area contributed by atoms with Crippen molar-refractivity contribution in [2.24, 2.45) is 0 Å². The lowest BCUT2D eigenvalue weighted by atomic mass is 10.3. The van der Waals surface area contributed by atoms with Crippen molar-refractivity contribution in [2.45, 2.75) is 36.4 Å². The summed E-state index contributed by atoms with van der Waals surface area (Å²) in [6.07, 6.45) is 2.98. The zero-order valence-electron chi connectivity index (χ0n) is 7.96. The van der Waals surface area contributed by atoms with Gasteiger partial charge in [0.15, 0.2) is 0 Å². The van der Waals surface area contributed by atoms with Gasteiger partial charge in [0.2, 0.25) is 0 Å². The van der Waals surface area contributed by atoms with Gasteiger partial charge in [-0.15, -0.1) is 23.4 Å². The predicted octanol–water partition coefficient (Wildman–Crippen LogP) is 3.71. The lowest BCUT2D eigenvalue weighted by Crippen LogP contribution is -1.96. The zero-order valence-corrected chi connectivity index (χ0v) is 9.53. The van der Waals surface area contributed by atoms with Crippen LogP contribution < -0.4 is 0 Å². The number of pyridine rings is 1. The molecule has 0 amide bonds. The van der Waals surface area contributed by atoms with Crippen molar-refractivity contribution in [1.82, 2.24) is 4.98 Å². The van der Waals surface area contributed by atoms with Crippen LogP contribution in [-0.2, 0) is 5.88 Å². The van der Waals surface area contributed by atoms with Crippen molar-refractivity contribution >= 4 is 23.4 Å². The highest BCUT2D eigenvalue weighted by Gasteiger charge is 2.06. The first-order valence-electron chi connectivity index (χ1n) is 4.44. The Bertz CT molecular complexity index is 265. The molecule has 0 bridgehead atoms. The Morgan fingerprint density at radius 1 is 1.62 bits per heavy atom. The number of nitrogens with zero attached hydrogens (tertiary/aromatic N) is 1. The van der Waals surface area contributed by atoms with Gasteiger partial charge in [-0.1, -0.05) is 19.9 Å². The molecule has 72 valence electrons. The fraction of sp³-hybridized carbons (Fsp3) is 0.500. The molecule has 0 aliphatic rings. The molecule has 3 heteroatoms. The fourth-order valence-corrected chi connectivity index (χ4v) is 2.16. The number of halogens is 1. The summed E-state index contributed by atoms with van der Waals surface area (Å²) in [5.74, 6) is 0.548. The summed E-state index contributed by atoms with van der Waals surface area (Å²) in [6, 6.07) is 3.96. The Morgan fingerprint density at radius 2 is 2.38 bits per heavy atom. The molecule has 0 radical (unpaired) electrons. The fourth-order valence-electron chi connectivity index (χ4n) is 0.906. The molecule has 0 unspecified atom stereocenters. The van der Waals surface area contributed by atoms with Crippen molar-refractivity contribution in [3.63, 3.8) is 0 Å². The molecule has 1 rings (SSSR count). The van der Waals surface area contributed by atoms with Crippen LogP contribution in [0.2, 0.25) is 0 Å². The van der Waals surface area contributed by atoms with Crippen LogP contribution >= 0.6 is 23.4 Å². The van der Waals surface area contributed by atoms with Crippen LogP contribution in [0.1, 0.15) is 25.8 Å². The number of rotatable bonds is 4.